The van der Waals surface area contributed by atoms with Crippen LogP contribution in [0.4, 0.5) is 0 Å². The van der Waals surface area contributed by atoms with Crippen LogP contribution in [0.25, 0.3) is 0 Å². The Balaban J connectivity index is 1.35. The Labute approximate surface area is 317 Å². The second-order valence-electron chi connectivity index (χ2n) is 20.2. The van der Waals surface area contributed by atoms with Gasteiger partial charge in [-0.3, -0.25) is 0 Å². The summed E-state index contributed by atoms with van der Waals surface area (Å²) in [4.78, 5) is 0. The lowest BCUT2D eigenvalue weighted by Gasteiger charge is -2.54. The molecule has 4 aromatic carbocycles. The molecule has 4 saturated carbocycles. The van der Waals surface area contributed by atoms with Gasteiger partial charge in [0.15, 0.2) is 0 Å². The molecule has 8 rings (SSSR count). The molecule has 0 heteroatoms. The van der Waals surface area contributed by atoms with E-state index in [-0.39, 0.29) is 16.2 Å². The first-order valence-electron chi connectivity index (χ1n) is 21.2. The Kier molecular flexibility index (Phi) is 9.85. The fourth-order valence-corrected chi connectivity index (χ4v) is 13.7. The molecule has 0 aromatic heterocycles. The van der Waals surface area contributed by atoms with E-state index in [0.29, 0.717) is 29.6 Å². The Morgan fingerprint density at radius 2 is 0.865 bits per heavy atom. The van der Waals surface area contributed by atoms with E-state index in [4.69, 9.17) is 0 Å². The predicted octanol–water partition coefficient (Wildman–Crippen LogP) is 13.9. The molecule has 4 aromatic rings. The number of rotatable bonds is 7. The lowest BCUT2D eigenvalue weighted by atomic mass is 9.50. The fraction of sp³-hybridized carbons (Fsp3) is 0.538. The minimum atomic E-state index is 0.132. The molecule has 0 nitrogen and oxygen atoms in total. The smallest absolute Gasteiger partial charge is 0.00552 e. The fourth-order valence-electron chi connectivity index (χ4n) is 13.7. The maximum absolute atomic E-state index is 2.58. The van der Waals surface area contributed by atoms with Gasteiger partial charge in [0.1, 0.15) is 0 Å². The highest BCUT2D eigenvalue weighted by Crippen LogP contribution is 2.71. The van der Waals surface area contributed by atoms with Gasteiger partial charge in [0, 0.05) is 5.41 Å². The van der Waals surface area contributed by atoms with Crippen LogP contribution in [0.15, 0.2) is 121 Å². The van der Waals surface area contributed by atoms with Gasteiger partial charge in [0.05, 0.1) is 0 Å². The predicted molar refractivity (Wildman–Crippen MR) is 220 cm³/mol. The molecule has 52 heavy (non-hydrogen) atoms. The van der Waals surface area contributed by atoms with Crippen molar-refractivity contribution < 1.29 is 0 Å². The van der Waals surface area contributed by atoms with Crippen LogP contribution in [0.5, 0.6) is 0 Å². The molecule has 9 unspecified atom stereocenters. The van der Waals surface area contributed by atoms with Crippen LogP contribution >= 0.6 is 0 Å². The zero-order chi connectivity index (χ0) is 36.1. The largest absolute Gasteiger partial charge is 0.0622 e. The first-order valence-corrected chi connectivity index (χ1v) is 21.2. The van der Waals surface area contributed by atoms with Gasteiger partial charge in [-0.15, -0.1) is 0 Å². The molecule has 4 fully saturated rings. The highest BCUT2D eigenvalue weighted by atomic mass is 14.7. The Morgan fingerprint density at radius 3 is 1.29 bits per heavy atom. The van der Waals surface area contributed by atoms with Gasteiger partial charge in [-0.05, 0) is 137 Å². The van der Waals surface area contributed by atoms with Crippen molar-refractivity contribution in [3.05, 3.63) is 144 Å². The van der Waals surface area contributed by atoms with Crippen LogP contribution in [0, 0.1) is 58.2 Å². The maximum Gasteiger partial charge on any atom is 0.00552 e. The maximum atomic E-state index is 2.58. The van der Waals surface area contributed by atoms with E-state index in [1.807, 2.05) is 0 Å². The zero-order valence-electron chi connectivity index (χ0n) is 33.2. The van der Waals surface area contributed by atoms with Crippen molar-refractivity contribution in [1.29, 1.82) is 0 Å². The lowest BCUT2D eigenvalue weighted by Crippen LogP contribution is -2.50. The SMILES string of the molecule is CC(C)(C)C1CC2C3CC(C(C)(C)C)C(c4ccccc4)CC3C(C(Cc3ccccc3)(c3ccccc3)C3CCCC3)C2CC1c1ccccc1. The molecular weight excluding hydrogens is 625 g/mol. The van der Waals surface area contributed by atoms with Gasteiger partial charge >= 0.3 is 0 Å². The van der Waals surface area contributed by atoms with E-state index >= 15 is 0 Å². The molecule has 0 N–H and O–H groups in total. The molecule has 4 aliphatic carbocycles. The van der Waals surface area contributed by atoms with Crippen molar-refractivity contribution in [3.63, 3.8) is 0 Å². The summed E-state index contributed by atoms with van der Waals surface area (Å²) in [7, 11) is 0. The van der Waals surface area contributed by atoms with Crippen molar-refractivity contribution in [2.75, 3.05) is 0 Å². The average Bonchev–Trinajstić information content (AvgIpc) is 3.81. The molecule has 0 radical (unpaired) electrons. The molecule has 0 amide bonds. The van der Waals surface area contributed by atoms with Crippen LogP contribution in [0.1, 0.15) is 127 Å². The van der Waals surface area contributed by atoms with Gasteiger partial charge in [0.25, 0.3) is 0 Å². The van der Waals surface area contributed by atoms with E-state index < -0.39 is 0 Å². The van der Waals surface area contributed by atoms with Crippen LogP contribution in [0.3, 0.4) is 0 Å². The minimum Gasteiger partial charge on any atom is -0.0622 e. The Hall–Kier alpha value is -3.12. The second-order valence-corrected chi connectivity index (χ2v) is 20.2. The molecule has 274 valence electrons. The Morgan fingerprint density at radius 1 is 0.462 bits per heavy atom. The van der Waals surface area contributed by atoms with Crippen molar-refractivity contribution in [2.45, 2.75) is 117 Å². The van der Waals surface area contributed by atoms with Crippen LogP contribution in [-0.2, 0) is 11.8 Å². The summed E-state index contributed by atoms with van der Waals surface area (Å²) in [5.41, 5.74) is 7.07. The number of hydrogen-bond acceptors (Lipinski definition) is 0. The van der Waals surface area contributed by atoms with Crippen molar-refractivity contribution in [3.8, 4) is 0 Å². The third kappa shape index (κ3) is 6.54. The average molecular weight is 691 g/mol. The second kappa shape index (κ2) is 14.3. The lowest BCUT2D eigenvalue weighted by molar-refractivity contribution is 0.0294. The van der Waals surface area contributed by atoms with Crippen molar-refractivity contribution >= 4 is 0 Å². The number of benzene rings is 4. The van der Waals surface area contributed by atoms with Gasteiger partial charge in [-0.1, -0.05) is 176 Å². The zero-order valence-corrected chi connectivity index (χ0v) is 33.2. The van der Waals surface area contributed by atoms with Gasteiger partial charge in [-0.2, -0.15) is 0 Å². The minimum absolute atomic E-state index is 0.132. The monoisotopic (exact) mass is 691 g/mol. The quantitative estimate of drug-likeness (QED) is 0.181. The third-order valence-electron chi connectivity index (χ3n) is 15.7. The molecule has 0 spiro atoms. The van der Waals surface area contributed by atoms with E-state index in [1.54, 1.807) is 22.3 Å². The molecule has 9 atom stereocenters. The summed E-state index contributed by atoms with van der Waals surface area (Å²) >= 11 is 0. The molecule has 0 heterocycles. The molecule has 0 aliphatic heterocycles. The van der Waals surface area contributed by atoms with Crippen LogP contribution in [0.2, 0.25) is 0 Å². The third-order valence-corrected chi connectivity index (χ3v) is 15.7. The van der Waals surface area contributed by atoms with Gasteiger partial charge in [-0.25, -0.2) is 0 Å². The summed E-state index contributed by atoms with van der Waals surface area (Å²) in [5.74, 6) is 7.07. The molecule has 4 aliphatic rings. The van der Waals surface area contributed by atoms with Crippen LogP contribution < -0.4 is 0 Å². The first-order chi connectivity index (χ1) is 25.1. The van der Waals surface area contributed by atoms with E-state index in [0.717, 1.165) is 29.6 Å². The van der Waals surface area contributed by atoms with E-state index in [9.17, 15) is 0 Å². The summed E-state index contributed by atoms with van der Waals surface area (Å²) in [6.07, 6.45) is 12.2. The van der Waals surface area contributed by atoms with Crippen molar-refractivity contribution in [1.82, 2.24) is 0 Å². The van der Waals surface area contributed by atoms with Gasteiger partial charge < -0.3 is 0 Å². The van der Waals surface area contributed by atoms with Crippen LogP contribution in [-0.4, -0.2) is 0 Å². The number of fused-ring (bicyclic) bond motifs is 3. The van der Waals surface area contributed by atoms with E-state index in [1.165, 1.54) is 57.8 Å². The number of hydrogen-bond donors (Lipinski definition) is 0. The highest BCUT2D eigenvalue weighted by molar-refractivity contribution is 5.36. The summed E-state index contributed by atoms with van der Waals surface area (Å²) in [6.45, 7) is 15.4. The summed E-state index contributed by atoms with van der Waals surface area (Å²) in [5, 5.41) is 0. The Bertz CT molecular complexity index is 1640. The van der Waals surface area contributed by atoms with Crippen molar-refractivity contribution in [2.24, 2.45) is 58.2 Å². The molecule has 0 saturated heterocycles. The first kappa shape index (κ1) is 35.9. The summed E-state index contributed by atoms with van der Waals surface area (Å²) in [6, 6.07) is 47.6. The molecular formula is C52H66. The molecule has 0 bridgehead atoms. The highest BCUT2D eigenvalue weighted by Gasteiger charge is 2.65. The topological polar surface area (TPSA) is 0 Å². The van der Waals surface area contributed by atoms with E-state index in [2.05, 4.69) is 163 Å². The summed E-state index contributed by atoms with van der Waals surface area (Å²) < 4.78 is 0. The van der Waals surface area contributed by atoms with Gasteiger partial charge in [0.2, 0.25) is 0 Å². The standard InChI is InChI=1S/C52H66/c1-50(2,3)47-33-43-44-34-48(51(4,5)6)42(38-25-15-9-16-26-38)32-46(44)49(45(43)31-41(47)37-23-13-8-14-24-37)52(40-29-19-20-30-40,39-27-17-10-18-28-39)35-36-21-11-7-12-22-36/h7-18,21-28,40-49H,19-20,29-35H2,1-6H3. The normalized spacial score (nSPS) is 32.2.